The molecule has 5 unspecified atom stereocenters. The number of aliphatic hydroxyl groups is 2. The van der Waals surface area contributed by atoms with Gasteiger partial charge in [0.2, 0.25) is 5.28 Å². The number of nitrogens with zero attached hydrogens (tertiary/aromatic N) is 4. The minimum Gasteiger partial charge on any atom is -0.387 e. The van der Waals surface area contributed by atoms with Crippen LogP contribution >= 0.6 is 11.6 Å². The van der Waals surface area contributed by atoms with E-state index in [0.29, 0.717) is 11.3 Å². The molecule has 5 N–H and O–H groups in total. The molecule has 2 aliphatic rings. The number of aryl methyl sites for hydroxylation is 1. The highest BCUT2D eigenvalue weighted by Crippen LogP contribution is 2.36. The molecule has 33 heavy (non-hydrogen) atoms. The van der Waals surface area contributed by atoms with Gasteiger partial charge < -0.3 is 20.3 Å². The molecule has 5 atom stereocenters. The summed E-state index contributed by atoms with van der Waals surface area (Å²) in [5, 5.41) is 29.0. The lowest BCUT2D eigenvalue weighted by molar-refractivity contribution is -0.0467. The Labute approximate surface area is 193 Å². The number of imidazole rings is 1. The number of anilines is 1. The van der Waals surface area contributed by atoms with Gasteiger partial charge in [-0.1, -0.05) is 24.3 Å². The molecular formula is C19H21ClN6O6S. The van der Waals surface area contributed by atoms with Gasteiger partial charge in [-0.2, -0.15) is 18.4 Å². The van der Waals surface area contributed by atoms with E-state index in [4.69, 9.17) is 21.5 Å². The van der Waals surface area contributed by atoms with Crippen LogP contribution < -0.4 is 10.5 Å². The monoisotopic (exact) mass is 496 g/mol. The molecule has 176 valence electrons. The van der Waals surface area contributed by atoms with E-state index >= 15 is 0 Å². The van der Waals surface area contributed by atoms with E-state index in [1.165, 1.54) is 22.0 Å². The molecule has 0 bridgehead atoms. The van der Waals surface area contributed by atoms with Crippen LogP contribution in [0.3, 0.4) is 0 Å². The first-order valence-corrected chi connectivity index (χ1v) is 12.0. The van der Waals surface area contributed by atoms with E-state index in [0.717, 1.165) is 12.8 Å². The second-order valence-electron chi connectivity index (χ2n) is 7.92. The summed E-state index contributed by atoms with van der Waals surface area (Å²) in [5.74, 6) is 0.424. The zero-order valence-electron chi connectivity index (χ0n) is 17.1. The first-order valence-electron chi connectivity index (χ1n) is 10.1. The standard InChI is InChI=1S/C19H21ClN6O6S/c20-19-24-16(23-11-6-5-9-3-1-2-4-10(9)11)13-17(25-19)26(8-22-13)18-15(28)14(27)12(32-18)7-31-33(21,29)30/h1-4,8,11-12,14-15,18,27-28H,5-7H2,(H2,21,29,30)(H,23,24,25). The molecule has 12 nitrogen and oxygen atoms in total. The van der Waals surface area contributed by atoms with Crippen molar-refractivity contribution in [1.82, 2.24) is 19.5 Å². The zero-order chi connectivity index (χ0) is 23.3. The quantitative estimate of drug-likeness (QED) is 0.350. The number of halogens is 1. The average Bonchev–Trinajstić information content (AvgIpc) is 3.44. The van der Waals surface area contributed by atoms with E-state index in [1.54, 1.807) is 0 Å². The third-order valence-electron chi connectivity index (χ3n) is 5.85. The largest absolute Gasteiger partial charge is 0.387 e. The Morgan fingerprint density at radius 3 is 2.85 bits per heavy atom. The van der Waals surface area contributed by atoms with E-state index in [9.17, 15) is 18.6 Å². The third-order valence-corrected chi connectivity index (χ3v) is 6.48. The SMILES string of the molecule is NS(=O)(=O)OCC1OC(n2cnc3c(NC4CCc5ccccc54)nc(Cl)nc32)C(O)C1O. The van der Waals surface area contributed by atoms with Crippen molar-refractivity contribution >= 4 is 38.9 Å². The zero-order valence-corrected chi connectivity index (χ0v) is 18.6. The van der Waals surface area contributed by atoms with Crippen LogP contribution in [0, 0.1) is 0 Å². The minimum absolute atomic E-state index is 0.0235. The van der Waals surface area contributed by atoms with Crippen LogP contribution in [0.4, 0.5) is 5.82 Å². The lowest BCUT2D eigenvalue weighted by Crippen LogP contribution is -2.35. The normalized spacial score (nSPS) is 27.2. The molecule has 3 heterocycles. The van der Waals surface area contributed by atoms with Crippen LogP contribution in [-0.4, -0.2) is 63.1 Å². The molecule has 5 rings (SSSR count). The summed E-state index contributed by atoms with van der Waals surface area (Å²) in [6.07, 6.45) is -1.91. The summed E-state index contributed by atoms with van der Waals surface area (Å²) in [6, 6.07) is 8.16. The van der Waals surface area contributed by atoms with Gasteiger partial charge in [0.1, 0.15) is 18.3 Å². The highest BCUT2D eigenvalue weighted by atomic mass is 35.5. The van der Waals surface area contributed by atoms with Crippen LogP contribution in [0.1, 0.15) is 29.8 Å². The number of fused-ring (bicyclic) bond motifs is 2. The van der Waals surface area contributed by atoms with Crippen LogP contribution in [0.25, 0.3) is 11.2 Å². The van der Waals surface area contributed by atoms with E-state index in [-0.39, 0.29) is 17.0 Å². The van der Waals surface area contributed by atoms with Crippen molar-refractivity contribution < 1.29 is 27.6 Å². The van der Waals surface area contributed by atoms with Crippen molar-refractivity contribution in [3.8, 4) is 0 Å². The van der Waals surface area contributed by atoms with Gasteiger partial charge >= 0.3 is 10.3 Å². The maximum Gasteiger partial charge on any atom is 0.333 e. The molecule has 2 aromatic heterocycles. The van der Waals surface area contributed by atoms with Crippen molar-refractivity contribution in [2.45, 2.75) is 43.4 Å². The summed E-state index contributed by atoms with van der Waals surface area (Å²) in [7, 11) is -4.24. The lowest BCUT2D eigenvalue weighted by atomic mass is 10.1. The van der Waals surface area contributed by atoms with Gasteiger partial charge in [-0.15, -0.1) is 0 Å². The molecule has 1 aromatic carbocycles. The van der Waals surface area contributed by atoms with Crippen LogP contribution in [-0.2, 0) is 25.6 Å². The van der Waals surface area contributed by atoms with E-state index in [2.05, 4.69) is 36.6 Å². The predicted molar refractivity (Wildman–Crippen MR) is 116 cm³/mol. The van der Waals surface area contributed by atoms with Gasteiger partial charge in [0.25, 0.3) is 0 Å². The number of ether oxygens (including phenoxy) is 1. The van der Waals surface area contributed by atoms with Gasteiger partial charge in [0.05, 0.1) is 19.0 Å². The smallest absolute Gasteiger partial charge is 0.333 e. The number of aliphatic hydroxyl groups excluding tert-OH is 2. The third kappa shape index (κ3) is 4.28. The molecule has 0 spiro atoms. The van der Waals surface area contributed by atoms with Crippen LogP contribution in [0.15, 0.2) is 30.6 Å². The number of hydrogen-bond donors (Lipinski definition) is 4. The van der Waals surface area contributed by atoms with Crippen LogP contribution in [0.5, 0.6) is 0 Å². The van der Waals surface area contributed by atoms with Gasteiger partial charge in [-0.25, -0.2) is 10.1 Å². The molecule has 1 aliphatic heterocycles. The Kier molecular flexibility index (Phi) is 5.73. The predicted octanol–water partition coefficient (Wildman–Crippen LogP) is 0.418. The number of aromatic nitrogens is 4. The van der Waals surface area contributed by atoms with Gasteiger partial charge in [0, 0.05) is 0 Å². The number of rotatable bonds is 6. The van der Waals surface area contributed by atoms with Crippen LogP contribution in [0.2, 0.25) is 5.28 Å². The van der Waals surface area contributed by atoms with Gasteiger partial charge in [-0.05, 0) is 35.6 Å². The minimum atomic E-state index is -4.24. The summed E-state index contributed by atoms with van der Waals surface area (Å²) < 4.78 is 33.7. The fourth-order valence-electron chi connectivity index (χ4n) is 4.31. The molecule has 1 saturated heterocycles. The number of nitrogens with one attached hydrogen (secondary N) is 1. The first-order chi connectivity index (χ1) is 15.7. The van der Waals surface area contributed by atoms with Crippen molar-refractivity contribution in [3.63, 3.8) is 0 Å². The highest BCUT2D eigenvalue weighted by Gasteiger charge is 2.45. The molecule has 3 aromatic rings. The Bertz CT molecular complexity index is 1300. The number of nitrogens with two attached hydrogens (primary N) is 1. The molecule has 1 fully saturated rings. The Morgan fingerprint density at radius 1 is 1.27 bits per heavy atom. The van der Waals surface area contributed by atoms with Crippen molar-refractivity contribution in [1.29, 1.82) is 0 Å². The average molecular weight is 497 g/mol. The summed E-state index contributed by atoms with van der Waals surface area (Å²) >= 11 is 6.18. The summed E-state index contributed by atoms with van der Waals surface area (Å²) in [4.78, 5) is 12.9. The number of hydrogen-bond acceptors (Lipinski definition) is 10. The fourth-order valence-corrected chi connectivity index (χ4v) is 4.80. The van der Waals surface area contributed by atoms with Crippen molar-refractivity contribution in [2.24, 2.45) is 5.14 Å². The van der Waals surface area contributed by atoms with E-state index < -0.39 is 41.5 Å². The fraction of sp³-hybridized carbons (Fsp3) is 0.421. The van der Waals surface area contributed by atoms with Gasteiger partial charge in [-0.3, -0.25) is 8.75 Å². The van der Waals surface area contributed by atoms with E-state index in [1.807, 2.05) is 12.1 Å². The second-order valence-corrected chi connectivity index (χ2v) is 9.48. The molecule has 1 aliphatic carbocycles. The molecular weight excluding hydrogens is 476 g/mol. The number of benzene rings is 1. The molecule has 0 amide bonds. The molecule has 14 heteroatoms. The molecule has 0 saturated carbocycles. The maximum absolute atomic E-state index is 11.1. The Balaban J connectivity index is 1.44. The second kappa shape index (κ2) is 8.43. The summed E-state index contributed by atoms with van der Waals surface area (Å²) in [5.41, 5.74) is 3.11. The van der Waals surface area contributed by atoms with Gasteiger partial charge in [0.15, 0.2) is 23.2 Å². The first kappa shape index (κ1) is 22.4. The Morgan fingerprint density at radius 2 is 2.06 bits per heavy atom. The summed E-state index contributed by atoms with van der Waals surface area (Å²) in [6.45, 7) is -0.566. The maximum atomic E-state index is 11.1. The van der Waals surface area contributed by atoms with Crippen molar-refractivity contribution in [3.05, 3.63) is 47.0 Å². The highest BCUT2D eigenvalue weighted by molar-refractivity contribution is 7.84. The van der Waals surface area contributed by atoms with Crippen molar-refractivity contribution in [2.75, 3.05) is 11.9 Å². The Hall–Kier alpha value is -2.39. The lowest BCUT2D eigenvalue weighted by Gasteiger charge is -2.18. The topological polar surface area (TPSA) is 175 Å². The molecule has 0 radical (unpaired) electrons.